The first-order chi connectivity index (χ1) is 8.49. The van der Waals surface area contributed by atoms with E-state index in [-0.39, 0.29) is 30.7 Å². The second-order valence-corrected chi connectivity index (χ2v) is 3.78. The molecule has 0 atom stereocenters. The molecule has 4 N–H and O–H groups in total. The van der Waals surface area contributed by atoms with Crippen molar-refractivity contribution in [1.29, 1.82) is 0 Å². The number of amides is 1. The number of nitrogens with two attached hydrogens (primary N) is 2. The Bertz CT molecular complexity index is 615. The van der Waals surface area contributed by atoms with Gasteiger partial charge in [-0.25, -0.2) is 9.48 Å². The Hall–Kier alpha value is -1.99. The number of carbonyl (C=O) groups is 1. The predicted octanol–water partition coefficient (Wildman–Crippen LogP) is 1.67. The maximum absolute atomic E-state index is 10.8. The fourth-order valence-electron chi connectivity index (χ4n) is 1.54. The summed E-state index contributed by atoms with van der Waals surface area (Å²) in [4.78, 5) is 15.2. The van der Waals surface area contributed by atoms with E-state index in [4.69, 9.17) is 16.2 Å². The molecule has 2 aromatic rings. The van der Waals surface area contributed by atoms with Gasteiger partial charge in [-0.05, 0) is 19.1 Å². The van der Waals surface area contributed by atoms with E-state index in [1.165, 1.54) is 4.68 Å². The van der Waals surface area contributed by atoms with Gasteiger partial charge in [-0.1, -0.05) is 0 Å². The smallest absolute Gasteiger partial charge is 0.397 e. The minimum Gasteiger partial charge on any atom is -0.397 e. The van der Waals surface area contributed by atoms with Gasteiger partial charge in [0.25, 0.3) is 0 Å². The van der Waals surface area contributed by atoms with E-state index < -0.39 is 6.09 Å². The first kappa shape index (κ1) is 18.0. The third-order valence-corrected chi connectivity index (χ3v) is 2.48. The highest BCUT2D eigenvalue weighted by Crippen LogP contribution is 2.28. The van der Waals surface area contributed by atoms with Crippen LogP contribution < -0.4 is 16.2 Å². The van der Waals surface area contributed by atoms with Crippen LogP contribution in [0.3, 0.4) is 0 Å². The molecular formula is C11H15Cl2N5O2. The normalized spacial score (nSPS) is 9.30. The molecule has 7 nitrogen and oxygen atoms in total. The molecule has 2 heterocycles. The van der Waals surface area contributed by atoms with Crippen LogP contribution in [0.25, 0.3) is 11.3 Å². The molecule has 0 radical (unpaired) electrons. The van der Waals surface area contributed by atoms with Crippen molar-refractivity contribution >= 4 is 36.6 Å². The Kier molecular flexibility index (Phi) is 6.28. The fraction of sp³-hybridized carbons (Fsp3) is 0.182. The summed E-state index contributed by atoms with van der Waals surface area (Å²) in [6.45, 7) is 1.80. The van der Waals surface area contributed by atoms with Gasteiger partial charge in [0.2, 0.25) is 5.88 Å². The molecule has 0 aromatic carbocycles. The number of primary amides is 1. The number of anilines is 1. The number of carbonyl (C=O) groups excluding carboxylic acids is 1. The average molecular weight is 320 g/mol. The van der Waals surface area contributed by atoms with Gasteiger partial charge in [-0.2, -0.15) is 5.10 Å². The third-order valence-electron chi connectivity index (χ3n) is 2.48. The van der Waals surface area contributed by atoms with E-state index in [9.17, 15) is 4.79 Å². The summed E-state index contributed by atoms with van der Waals surface area (Å²) in [5, 5.41) is 4.01. The number of aryl methyl sites for hydroxylation is 2. The maximum Gasteiger partial charge on any atom is 0.411 e. The molecule has 0 aliphatic rings. The molecule has 0 saturated heterocycles. The number of hydrogen-bond donors (Lipinski definition) is 2. The predicted molar refractivity (Wildman–Crippen MR) is 80.3 cm³/mol. The standard InChI is InChI=1S/C11H13N5O2.2ClH/c1-6-8(12)3-4-9(15-6)7-5-14-16(2)10(7)18-11(13)17;;/h3-5H,12H2,1-2H3,(H2,13,17);2*1H. The lowest BCUT2D eigenvalue weighted by Gasteiger charge is -2.06. The fourth-order valence-corrected chi connectivity index (χ4v) is 1.54. The Labute approximate surface area is 128 Å². The number of aromatic nitrogens is 3. The topological polar surface area (TPSA) is 109 Å². The number of nitrogen functional groups attached to an aromatic ring is 1. The summed E-state index contributed by atoms with van der Waals surface area (Å²) >= 11 is 0. The van der Waals surface area contributed by atoms with E-state index in [1.807, 2.05) is 0 Å². The maximum atomic E-state index is 10.8. The van der Waals surface area contributed by atoms with Crippen LogP contribution in [0.4, 0.5) is 10.5 Å². The van der Waals surface area contributed by atoms with Crippen LogP contribution in [-0.4, -0.2) is 20.9 Å². The second kappa shape index (κ2) is 6.97. The van der Waals surface area contributed by atoms with Gasteiger partial charge < -0.3 is 16.2 Å². The molecule has 2 rings (SSSR count). The monoisotopic (exact) mass is 319 g/mol. The number of hydrogen-bond acceptors (Lipinski definition) is 5. The van der Waals surface area contributed by atoms with Crippen LogP contribution in [0.2, 0.25) is 0 Å². The number of nitrogens with zero attached hydrogens (tertiary/aromatic N) is 3. The summed E-state index contributed by atoms with van der Waals surface area (Å²) in [5.74, 6) is 0.249. The molecular weight excluding hydrogens is 305 g/mol. The molecule has 0 spiro atoms. The number of pyridine rings is 1. The van der Waals surface area contributed by atoms with Gasteiger partial charge in [0.05, 0.1) is 28.8 Å². The van der Waals surface area contributed by atoms with Crippen molar-refractivity contribution in [3.05, 3.63) is 24.0 Å². The van der Waals surface area contributed by atoms with Crippen molar-refractivity contribution in [3.63, 3.8) is 0 Å². The Morgan fingerprint density at radius 2 is 2.00 bits per heavy atom. The molecule has 2 aromatic heterocycles. The van der Waals surface area contributed by atoms with Gasteiger partial charge in [0.15, 0.2) is 0 Å². The first-order valence-electron chi connectivity index (χ1n) is 5.22. The van der Waals surface area contributed by atoms with Crippen LogP contribution >= 0.6 is 24.8 Å². The van der Waals surface area contributed by atoms with Crippen molar-refractivity contribution in [3.8, 4) is 17.1 Å². The molecule has 0 bridgehead atoms. The number of halogens is 2. The van der Waals surface area contributed by atoms with Crippen molar-refractivity contribution in [1.82, 2.24) is 14.8 Å². The summed E-state index contributed by atoms with van der Waals surface area (Å²) in [5.41, 5.74) is 13.2. The average Bonchev–Trinajstić information content (AvgIpc) is 2.64. The Balaban J connectivity index is 0.00000180. The van der Waals surface area contributed by atoms with Crippen LogP contribution in [-0.2, 0) is 7.05 Å². The van der Waals surface area contributed by atoms with E-state index in [0.717, 1.165) is 0 Å². The zero-order valence-electron chi connectivity index (χ0n) is 10.9. The summed E-state index contributed by atoms with van der Waals surface area (Å²) in [7, 11) is 1.64. The van der Waals surface area contributed by atoms with Crippen LogP contribution in [0.15, 0.2) is 18.3 Å². The lowest BCUT2D eigenvalue weighted by Crippen LogP contribution is -2.18. The van der Waals surface area contributed by atoms with Crippen molar-refractivity contribution < 1.29 is 9.53 Å². The minimum atomic E-state index is -0.896. The van der Waals surface area contributed by atoms with Crippen LogP contribution in [0.1, 0.15) is 5.69 Å². The molecule has 0 aliphatic carbocycles. The quantitative estimate of drug-likeness (QED) is 0.875. The van der Waals surface area contributed by atoms with E-state index >= 15 is 0 Å². The first-order valence-corrected chi connectivity index (χ1v) is 5.22. The zero-order valence-corrected chi connectivity index (χ0v) is 12.5. The van der Waals surface area contributed by atoms with Gasteiger partial charge in [-0.3, -0.25) is 4.98 Å². The highest BCUT2D eigenvalue weighted by atomic mass is 35.5. The Morgan fingerprint density at radius 1 is 1.35 bits per heavy atom. The van der Waals surface area contributed by atoms with Gasteiger partial charge >= 0.3 is 6.09 Å². The highest BCUT2D eigenvalue weighted by molar-refractivity contribution is 5.85. The lowest BCUT2D eigenvalue weighted by atomic mass is 10.2. The van der Waals surface area contributed by atoms with Crippen molar-refractivity contribution in [2.45, 2.75) is 6.92 Å². The van der Waals surface area contributed by atoms with Crippen LogP contribution in [0, 0.1) is 6.92 Å². The van der Waals surface area contributed by atoms with Crippen molar-refractivity contribution in [2.75, 3.05) is 5.73 Å². The number of rotatable bonds is 2. The molecule has 20 heavy (non-hydrogen) atoms. The summed E-state index contributed by atoms with van der Waals surface area (Å²) < 4.78 is 6.32. The summed E-state index contributed by atoms with van der Waals surface area (Å²) in [6.07, 6.45) is 0.656. The van der Waals surface area contributed by atoms with Crippen LogP contribution in [0.5, 0.6) is 5.88 Å². The number of ether oxygens (including phenoxy) is 1. The van der Waals surface area contributed by atoms with Crippen molar-refractivity contribution in [2.24, 2.45) is 12.8 Å². The third kappa shape index (κ3) is 3.52. The van der Waals surface area contributed by atoms with Gasteiger partial charge in [0.1, 0.15) is 0 Å². The molecule has 0 fully saturated rings. The van der Waals surface area contributed by atoms with E-state index in [0.29, 0.717) is 22.6 Å². The SMILES string of the molecule is Cc1nc(-c2cnn(C)c2OC(N)=O)ccc1N.Cl.Cl. The molecule has 0 aliphatic heterocycles. The van der Waals surface area contributed by atoms with Gasteiger partial charge in [-0.15, -0.1) is 24.8 Å². The largest absolute Gasteiger partial charge is 0.411 e. The van der Waals surface area contributed by atoms with Gasteiger partial charge in [0, 0.05) is 7.05 Å². The second-order valence-electron chi connectivity index (χ2n) is 3.78. The zero-order chi connectivity index (χ0) is 13.3. The lowest BCUT2D eigenvalue weighted by molar-refractivity contribution is 0.207. The Morgan fingerprint density at radius 3 is 2.55 bits per heavy atom. The van der Waals surface area contributed by atoms with E-state index in [1.54, 1.807) is 32.3 Å². The molecule has 110 valence electrons. The molecule has 0 unspecified atom stereocenters. The molecule has 9 heteroatoms. The summed E-state index contributed by atoms with van der Waals surface area (Å²) in [6, 6.07) is 3.46. The molecule has 0 saturated carbocycles. The minimum absolute atomic E-state index is 0. The highest BCUT2D eigenvalue weighted by Gasteiger charge is 2.15. The molecule has 1 amide bonds. The van der Waals surface area contributed by atoms with E-state index in [2.05, 4.69) is 10.1 Å².